The van der Waals surface area contributed by atoms with Gasteiger partial charge < -0.3 is 19.4 Å². The molecule has 1 amide bonds. The Morgan fingerprint density at radius 2 is 2.17 bits per heavy atom. The molecule has 124 valence electrons. The van der Waals surface area contributed by atoms with Crippen molar-refractivity contribution in [3.05, 3.63) is 23.3 Å². The fourth-order valence-corrected chi connectivity index (χ4v) is 2.59. The van der Waals surface area contributed by atoms with E-state index in [9.17, 15) is 9.59 Å². The molecule has 0 saturated carbocycles. The number of carbonyl (C=O) groups is 2. The van der Waals surface area contributed by atoms with Gasteiger partial charge in [-0.05, 0) is 37.5 Å². The number of amides is 1. The van der Waals surface area contributed by atoms with Gasteiger partial charge in [0.2, 0.25) is 5.91 Å². The molecule has 7 heteroatoms. The van der Waals surface area contributed by atoms with E-state index in [0.29, 0.717) is 44.0 Å². The van der Waals surface area contributed by atoms with Crippen LogP contribution in [0.15, 0.2) is 12.1 Å². The average Bonchev–Trinajstić information content (AvgIpc) is 2.53. The number of hydrogen-bond acceptors (Lipinski definition) is 5. The number of rotatable bonds is 6. The maximum atomic E-state index is 12.1. The van der Waals surface area contributed by atoms with E-state index in [1.807, 2.05) is 13.0 Å². The van der Waals surface area contributed by atoms with E-state index in [1.165, 1.54) is 0 Å². The van der Waals surface area contributed by atoms with Crippen molar-refractivity contribution in [2.24, 2.45) is 0 Å². The summed E-state index contributed by atoms with van der Waals surface area (Å²) in [6.07, 6.45) is 1.89. The summed E-state index contributed by atoms with van der Waals surface area (Å²) < 4.78 is 16.1. The second kappa shape index (κ2) is 7.90. The average molecular weight is 319 g/mol. The minimum absolute atomic E-state index is 0.0121. The van der Waals surface area contributed by atoms with E-state index >= 15 is 0 Å². The molecule has 0 bridgehead atoms. The van der Waals surface area contributed by atoms with Crippen molar-refractivity contribution < 1.29 is 23.7 Å². The third-order valence-electron chi connectivity index (χ3n) is 3.61. The fraction of sp³-hybridized carbons (Fsp3) is 0.500. The highest BCUT2D eigenvalue weighted by atomic mass is 16.5. The Morgan fingerprint density at radius 3 is 2.83 bits per heavy atom. The van der Waals surface area contributed by atoms with Crippen LogP contribution in [0.1, 0.15) is 42.6 Å². The maximum absolute atomic E-state index is 12.1. The monoisotopic (exact) mass is 319 g/mol. The van der Waals surface area contributed by atoms with E-state index in [4.69, 9.17) is 14.1 Å². The van der Waals surface area contributed by atoms with Gasteiger partial charge in [0.15, 0.2) is 0 Å². The molecule has 0 radical (unpaired) electrons. The first-order chi connectivity index (χ1) is 11.1. The number of ether oxygens (including phenoxy) is 2. The highest BCUT2D eigenvalue weighted by Gasteiger charge is 2.28. The van der Waals surface area contributed by atoms with E-state index in [0.717, 1.165) is 12.0 Å². The van der Waals surface area contributed by atoms with Crippen LogP contribution in [0.3, 0.4) is 0 Å². The molecular weight excluding hydrogens is 297 g/mol. The second-order valence-corrected chi connectivity index (χ2v) is 5.41. The van der Waals surface area contributed by atoms with Gasteiger partial charge in [-0.1, -0.05) is 6.92 Å². The summed E-state index contributed by atoms with van der Waals surface area (Å²) in [6.45, 7) is 4.01. The van der Waals surface area contributed by atoms with Gasteiger partial charge in [-0.25, -0.2) is 4.79 Å². The lowest BCUT2D eigenvalue weighted by molar-refractivity contribution is -0.121. The second-order valence-electron chi connectivity index (χ2n) is 5.41. The standard InChI is InChI=1S/C16H22BNO5/c1-4-6-14(19)18-13-8-10-7-11(21-3)9-12(15(10)23-17-13)16(20)22-5-2/h7,9,13,17H,4-6,8H2,1-3H3,(H,18,19). The summed E-state index contributed by atoms with van der Waals surface area (Å²) in [6, 6.07) is 3.45. The van der Waals surface area contributed by atoms with Crippen molar-refractivity contribution in [1.29, 1.82) is 0 Å². The van der Waals surface area contributed by atoms with Gasteiger partial charge in [-0.3, -0.25) is 4.79 Å². The number of carbonyl (C=O) groups excluding carboxylic acids is 2. The molecule has 1 aromatic rings. The van der Waals surface area contributed by atoms with Crippen LogP contribution in [0.2, 0.25) is 0 Å². The minimum Gasteiger partial charge on any atom is -0.561 e. The molecule has 1 unspecified atom stereocenters. The Labute approximate surface area is 136 Å². The van der Waals surface area contributed by atoms with Gasteiger partial charge in [-0.15, -0.1) is 0 Å². The summed E-state index contributed by atoms with van der Waals surface area (Å²) in [5.74, 6) is 0.555. The van der Waals surface area contributed by atoms with Crippen LogP contribution in [0.4, 0.5) is 0 Å². The molecule has 1 heterocycles. The number of nitrogens with one attached hydrogen (secondary N) is 1. The molecule has 1 aliphatic rings. The topological polar surface area (TPSA) is 73.9 Å². The van der Waals surface area contributed by atoms with Gasteiger partial charge in [0.25, 0.3) is 0 Å². The number of methoxy groups -OCH3 is 1. The summed E-state index contributed by atoms with van der Waals surface area (Å²) in [5, 5.41) is 2.95. The molecule has 1 N–H and O–H groups in total. The third kappa shape index (κ3) is 4.18. The summed E-state index contributed by atoms with van der Waals surface area (Å²) >= 11 is 0. The van der Waals surface area contributed by atoms with Crippen molar-refractivity contribution >= 4 is 19.4 Å². The number of benzene rings is 1. The Morgan fingerprint density at radius 1 is 1.39 bits per heavy atom. The molecule has 0 spiro atoms. The Balaban J connectivity index is 2.23. The van der Waals surface area contributed by atoms with Crippen LogP contribution in [0.25, 0.3) is 0 Å². The molecule has 0 aliphatic carbocycles. The third-order valence-corrected chi connectivity index (χ3v) is 3.61. The normalized spacial score (nSPS) is 15.7. The lowest BCUT2D eigenvalue weighted by Gasteiger charge is -2.27. The Hall–Kier alpha value is -2.18. The minimum atomic E-state index is -0.434. The molecular formula is C16H22BNO5. The summed E-state index contributed by atoms with van der Waals surface area (Å²) in [4.78, 5) is 23.8. The Kier molecular flexibility index (Phi) is 5.90. The fourth-order valence-electron chi connectivity index (χ4n) is 2.59. The zero-order valence-corrected chi connectivity index (χ0v) is 13.8. The molecule has 1 aromatic carbocycles. The summed E-state index contributed by atoms with van der Waals surface area (Å²) in [7, 11) is 1.88. The van der Waals surface area contributed by atoms with E-state index in [1.54, 1.807) is 20.1 Å². The van der Waals surface area contributed by atoms with Crippen molar-refractivity contribution in [3.63, 3.8) is 0 Å². The Bertz CT molecular complexity index is 590. The summed E-state index contributed by atoms with van der Waals surface area (Å²) in [5.41, 5.74) is 1.19. The lowest BCUT2D eigenvalue weighted by atomic mass is 9.79. The quantitative estimate of drug-likeness (QED) is 0.634. The molecule has 1 atom stereocenters. The number of fused-ring (bicyclic) bond motifs is 1. The lowest BCUT2D eigenvalue weighted by Crippen LogP contribution is -2.45. The van der Waals surface area contributed by atoms with E-state index < -0.39 is 5.97 Å². The van der Waals surface area contributed by atoms with Gasteiger partial charge >= 0.3 is 13.5 Å². The number of hydrogen-bond donors (Lipinski definition) is 1. The molecule has 0 fully saturated rings. The van der Waals surface area contributed by atoms with Crippen molar-refractivity contribution in [1.82, 2.24) is 5.32 Å². The van der Waals surface area contributed by atoms with Gasteiger partial charge in [0.05, 0.1) is 13.7 Å². The largest absolute Gasteiger partial charge is 0.561 e. The van der Waals surface area contributed by atoms with E-state index in [2.05, 4.69) is 5.32 Å². The van der Waals surface area contributed by atoms with Crippen LogP contribution in [-0.4, -0.2) is 39.0 Å². The number of esters is 1. The van der Waals surface area contributed by atoms with E-state index in [-0.39, 0.29) is 11.8 Å². The molecule has 0 saturated heterocycles. The molecule has 2 rings (SSSR count). The maximum Gasteiger partial charge on any atom is 0.363 e. The first-order valence-electron chi connectivity index (χ1n) is 7.89. The molecule has 6 nitrogen and oxygen atoms in total. The zero-order valence-electron chi connectivity index (χ0n) is 13.8. The van der Waals surface area contributed by atoms with Crippen molar-refractivity contribution in [2.75, 3.05) is 13.7 Å². The molecule has 1 aliphatic heterocycles. The first-order valence-corrected chi connectivity index (χ1v) is 7.89. The zero-order chi connectivity index (χ0) is 16.8. The van der Waals surface area contributed by atoms with Crippen LogP contribution in [0, 0.1) is 0 Å². The smallest absolute Gasteiger partial charge is 0.363 e. The highest BCUT2D eigenvalue weighted by molar-refractivity contribution is 6.32. The van der Waals surface area contributed by atoms with Crippen LogP contribution in [-0.2, 0) is 16.0 Å². The van der Waals surface area contributed by atoms with Gasteiger partial charge in [-0.2, -0.15) is 0 Å². The molecule has 23 heavy (non-hydrogen) atoms. The van der Waals surface area contributed by atoms with Crippen molar-refractivity contribution in [2.45, 2.75) is 39.1 Å². The van der Waals surface area contributed by atoms with Crippen LogP contribution < -0.4 is 14.7 Å². The van der Waals surface area contributed by atoms with Gasteiger partial charge in [0, 0.05) is 12.4 Å². The first kappa shape index (κ1) is 17.2. The predicted molar refractivity (Wildman–Crippen MR) is 87.3 cm³/mol. The SMILES string of the molecule is CCCC(=O)NC1BOc2c(cc(OC)cc2C(=O)OCC)C1. The molecule has 0 aromatic heterocycles. The van der Waals surface area contributed by atoms with Crippen LogP contribution in [0.5, 0.6) is 11.5 Å². The van der Waals surface area contributed by atoms with Gasteiger partial charge in [0.1, 0.15) is 17.1 Å². The predicted octanol–water partition coefficient (Wildman–Crippen LogP) is 1.40. The van der Waals surface area contributed by atoms with Crippen molar-refractivity contribution in [3.8, 4) is 11.5 Å². The van der Waals surface area contributed by atoms with Crippen LogP contribution >= 0.6 is 0 Å². The highest BCUT2D eigenvalue weighted by Crippen LogP contribution is 2.33.